The van der Waals surface area contributed by atoms with Crippen LogP contribution in [0.5, 0.6) is 0 Å². The fourth-order valence-corrected chi connectivity index (χ4v) is 5.50. The Morgan fingerprint density at radius 1 is 1.03 bits per heavy atom. The number of rotatable bonds is 3. The van der Waals surface area contributed by atoms with Gasteiger partial charge >= 0.3 is 5.91 Å². The topological polar surface area (TPSA) is 83.4 Å². The van der Waals surface area contributed by atoms with Crippen LogP contribution in [0.25, 0.3) is 16.0 Å². The lowest BCUT2D eigenvalue weighted by Gasteiger charge is -2.22. The lowest BCUT2D eigenvalue weighted by atomic mass is 9.87. The Kier molecular flexibility index (Phi) is 5.75. The molecule has 1 saturated heterocycles. The number of fused-ring (bicyclic) bond motifs is 1. The van der Waals surface area contributed by atoms with Gasteiger partial charge in [-0.1, -0.05) is 61.9 Å². The van der Waals surface area contributed by atoms with Crippen molar-refractivity contribution in [1.29, 1.82) is 0 Å². The zero-order chi connectivity index (χ0) is 25.8. The number of Topliss-reactive ketones (excluding diaryl/α,β-unsaturated/α-hetero) is 1. The van der Waals surface area contributed by atoms with Crippen LogP contribution in [0.3, 0.4) is 0 Å². The zero-order valence-electron chi connectivity index (χ0n) is 20.9. The third-order valence-electron chi connectivity index (χ3n) is 6.51. The number of aliphatic hydroxyl groups is 1. The van der Waals surface area contributed by atoms with E-state index in [0.29, 0.717) is 16.4 Å². The molecule has 4 aromatic rings. The van der Waals surface area contributed by atoms with E-state index in [1.54, 1.807) is 24.4 Å². The smallest absolute Gasteiger partial charge is 0.301 e. The largest absolute Gasteiger partial charge is 0.507 e. The summed E-state index contributed by atoms with van der Waals surface area (Å²) in [6.45, 7) is 10.2. The van der Waals surface area contributed by atoms with Gasteiger partial charge in [0.15, 0.2) is 5.13 Å². The normalized spacial score (nSPS) is 17.8. The van der Waals surface area contributed by atoms with Gasteiger partial charge in [-0.25, -0.2) is 4.98 Å². The first kappa shape index (κ1) is 23.9. The molecule has 6 nitrogen and oxygen atoms in total. The fourth-order valence-electron chi connectivity index (χ4n) is 4.47. The second-order valence-corrected chi connectivity index (χ2v) is 11.2. The first-order valence-electron chi connectivity index (χ1n) is 11.8. The van der Waals surface area contributed by atoms with E-state index in [1.807, 2.05) is 44.2 Å². The molecule has 2 aromatic heterocycles. The zero-order valence-corrected chi connectivity index (χ0v) is 21.7. The molecule has 0 bridgehead atoms. The molecule has 1 aliphatic heterocycles. The van der Waals surface area contributed by atoms with E-state index < -0.39 is 17.7 Å². The summed E-state index contributed by atoms with van der Waals surface area (Å²) in [4.78, 5) is 37.4. The fraction of sp³-hybridized carbons (Fsp3) is 0.241. The molecule has 0 aliphatic carbocycles. The SMILES string of the molecule is Cc1ccc(C)c(/C(O)=C2\C(=O)C(=O)N(c3nc4ccc(C(C)(C)C)cc4s3)C2c2ccccn2)c1. The predicted octanol–water partition coefficient (Wildman–Crippen LogP) is 6.23. The molecule has 1 fully saturated rings. The van der Waals surface area contributed by atoms with Crippen LogP contribution < -0.4 is 4.90 Å². The van der Waals surface area contributed by atoms with E-state index in [9.17, 15) is 14.7 Å². The van der Waals surface area contributed by atoms with Crippen molar-refractivity contribution in [2.24, 2.45) is 0 Å². The van der Waals surface area contributed by atoms with E-state index in [4.69, 9.17) is 4.98 Å². The Bertz CT molecular complexity index is 1550. The van der Waals surface area contributed by atoms with Crippen molar-refractivity contribution in [3.05, 3.63) is 94.3 Å². The number of thiazole rings is 1. The molecule has 5 rings (SSSR count). The van der Waals surface area contributed by atoms with Crippen LogP contribution in [0, 0.1) is 13.8 Å². The highest BCUT2D eigenvalue weighted by atomic mass is 32.1. The number of anilines is 1. The molecule has 182 valence electrons. The van der Waals surface area contributed by atoms with Crippen LogP contribution in [-0.4, -0.2) is 26.8 Å². The highest BCUT2D eigenvalue weighted by molar-refractivity contribution is 7.22. The van der Waals surface area contributed by atoms with Crippen LogP contribution in [-0.2, 0) is 15.0 Å². The number of carbonyl (C=O) groups excluding carboxylic acids is 2. The Hall–Kier alpha value is -3.84. The minimum Gasteiger partial charge on any atom is -0.507 e. The number of aryl methyl sites for hydroxylation is 2. The van der Waals surface area contributed by atoms with Gasteiger partial charge in [-0.2, -0.15) is 0 Å². The van der Waals surface area contributed by atoms with Gasteiger partial charge in [0.1, 0.15) is 11.8 Å². The summed E-state index contributed by atoms with van der Waals surface area (Å²) in [5.41, 5.74) is 4.63. The summed E-state index contributed by atoms with van der Waals surface area (Å²) in [5, 5.41) is 11.8. The summed E-state index contributed by atoms with van der Waals surface area (Å²) >= 11 is 1.35. The number of amides is 1. The molecule has 1 amide bonds. The van der Waals surface area contributed by atoms with Crippen LogP contribution in [0.4, 0.5) is 5.13 Å². The lowest BCUT2D eigenvalue weighted by molar-refractivity contribution is -0.132. The Morgan fingerprint density at radius 2 is 1.81 bits per heavy atom. The molecule has 7 heteroatoms. The van der Waals surface area contributed by atoms with Gasteiger partial charge in [0.2, 0.25) is 0 Å². The number of carbonyl (C=O) groups is 2. The van der Waals surface area contributed by atoms with Crippen LogP contribution >= 0.6 is 11.3 Å². The Balaban J connectivity index is 1.72. The highest BCUT2D eigenvalue weighted by Gasteiger charge is 2.49. The first-order valence-corrected chi connectivity index (χ1v) is 12.6. The number of ketones is 1. The van der Waals surface area contributed by atoms with E-state index in [-0.39, 0.29) is 16.7 Å². The quantitative estimate of drug-likeness (QED) is 0.206. The number of benzene rings is 2. The third kappa shape index (κ3) is 3.99. The highest BCUT2D eigenvalue weighted by Crippen LogP contribution is 2.44. The standard InChI is InChI=1S/C29H27N3O3S/c1-16-9-10-17(2)19(14-16)25(33)23-24(21-8-6-7-13-30-21)32(27(35)26(23)34)28-31-20-12-11-18(29(3,4)5)15-22(20)36-28/h6-15,24,33H,1-5H3/b25-23+. The minimum absolute atomic E-state index is 0.0158. The summed E-state index contributed by atoms with van der Waals surface area (Å²) in [5.74, 6) is -1.69. The monoisotopic (exact) mass is 497 g/mol. The van der Waals surface area contributed by atoms with Crippen molar-refractivity contribution in [2.45, 2.75) is 46.1 Å². The van der Waals surface area contributed by atoms with E-state index >= 15 is 0 Å². The average molecular weight is 498 g/mol. The van der Waals surface area contributed by atoms with E-state index in [2.05, 4.69) is 31.8 Å². The number of hydrogen-bond acceptors (Lipinski definition) is 6. The molecule has 2 aromatic carbocycles. The second kappa shape index (κ2) is 8.68. The van der Waals surface area contributed by atoms with Gasteiger partial charge in [0.25, 0.3) is 5.78 Å². The molecular formula is C29H27N3O3S. The van der Waals surface area contributed by atoms with Crippen molar-refractivity contribution in [1.82, 2.24) is 9.97 Å². The van der Waals surface area contributed by atoms with E-state index in [1.165, 1.54) is 16.2 Å². The molecule has 0 saturated carbocycles. The Morgan fingerprint density at radius 3 is 2.50 bits per heavy atom. The van der Waals surface area contributed by atoms with Crippen LogP contribution in [0.2, 0.25) is 0 Å². The maximum atomic E-state index is 13.5. The average Bonchev–Trinajstić information content (AvgIpc) is 3.38. The Labute approximate surface area is 214 Å². The summed E-state index contributed by atoms with van der Waals surface area (Å²) in [7, 11) is 0. The molecule has 3 heterocycles. The van der Waals surface area contributed by atoms with Crippen molar-refractivity contribution in [3.63, 3.8) is 0 Å². The molecule has 0 spiro atoms. The predicted molar refractivity (Wildman–Crippen MR) is 143 cm³/mol. The van der Waals surface area contributed by atoms with Crippen molar-refractivity contribution >= 4 is 44.1 Å². The molecule has 1 unspecified atom stereocenters. The molecule has 1 atom stereocenters. The molecule has 0 radical (unpaired) electrons. The number of pyridine rings is 1. The van der Waals surface area contributed by atoms with Gasteiger partial charge in [0.05, 0.1) is 21.5 Å². The van der Waals surface area contributed by atoms with E-state index in [0.717, 1.165) is 26.9 Å². The first-order chi connectivity index (χ1) is 17.1. The second-order valence-electron chi connectivity index (χ2n) is 10.2. The number of hydrogen-bond donors (Lipinski definition) is 1. The minimum atomic E-state index is -0.895. The maximum Gasteiger partial charge on any atom is 0.301 e. The summed E-state index contributed by atoms with van der Waals surface area (Å²) in [6, 6.07) is 16.1. The number of aromatic nitrogens is 2. The van der Waals surface area contributed by atoms with Crippen molar-refractivity contribution in [3.8, 4) is 0 Å². The van der Waals surface area contributed by atoms with Crippen LogP contribution in [0.15, 0.2) is 66.4 Å². The van der Waals surface area contributed by atoms with Gasteiger partial charge in [-0.3, -0.25) is 19.5 Å². The van der Waals surface area contributed by atoms with Gasteiger partial charge in [-0.05, 0) is 60.7 Å². The van der Waals surface area contributed by atoms with Gasteiger partial charge in [0, 0.05) is 11.8 Å². The van der Waals surface area contributed by atoms with Crippen LogP contribution in [0.1, 0.15) is 54.8 Å². The van der Waals surface area contributed by atoms with Crippen molar-refractivity contribution < 1.29 is 14.7 Å². The molecule has 36 heavy (non-hydrogen) atoms. The third-order valence-corrected chi connectivity index (χ3v) is 7.53. The number of nitrogens with zero attached hydrogens (tertiary/aromatic N) is 3. The summed E-state index contributed by atoms with van der Waals surface area (Å²) in [6.07, 6.45) is 1.61. The number of aliphatic hydroxyl groups excluding tert-OH is 1. The molecule has 1 N–H and O–H groups in total. The maximum absolute atomic E-state index is 13.5. The van der Waals surface area contributed by atoms with Gasteiger partial charge in [-0.15, -0.1) is 0 Å². The lowest BCUT2D eigenvalue weighted by Crippen LogP contribution is -2.29. The molecule has 1 aliphatic rings. The van der Waals surface area contributed by atoms with Gasteiger partial charge < -0.3 is 5.11 Å². The molecular weight excluding hydrogens is 470 g/mol. The summed E-state index contributed by atoms with van der Waals surface area (Å²) < 4.78 is 0.925. The van der Waals surface area contributed by atoms with Crippen molar-refractivity contribution in [2.75, 3.05) is 4.90 Å².